The third-order valence-corrected chi connectivity index (χ3v) is 3.19. The molecule has 0 aliphatic rings. The second kappa shape index (κ2) is 6.71. The Kier molecular flexibility index (Phi) is 4.72. The van der Waals surface area contributed by atoms with Gasteiger partial charge in [-0.2, -0.15) is 0 Å². The molecule has 0 heterocycles. The van der Waals surface area contributed by atoms with Gasteiger partial charge in [0.1, 0.15) is 0 Å². The maximum Gasteiger partial charge on any atom is 0.338 e. The minimum Gasteiger partial charge on any atom is -0.465 e. The Morgan fingerprint density at radius 1 is 1.10 bits per heavy atom. The van der Waals surface area contributed by atoms with Gasteiger partial charge in [0.05, 0.1) is 12.7 Å². The lowest BCUT2D eigenvalue weighted by Crippen LogP contribution is -2.06. The average Bonchev–Trinajstić information content (AvgIpc) is 2.48. The van der Waals surface area contributed by atoms with Gasteiger partial charge in [-0.05, 0) is 30.0 Å². The molecule has 102 valence electrons. The lowest BCUT2D eigenvalue weighted by molar-refractivity contribution is 0.0599. The van der Waals surface area contributed by atoms with Crippen molar-refractivity contribution in [2.75, 3.05) is 7.11 Å². The average molecular weight is 266 g/mol. The molecule has 2 heteroatoms. The quantitative estimate of drug-likeness (QED) is 0.781. The van der Waals surface area contributed by atoms with Crippen molar-refractivity contribution in [2.45, 2.75) is 13.3 Å². The van der Waals surface area contributed by atoms with Gasteiger partial charge in [-0.15, -0.1) is 0 Å². The van der Waals surface area contributed by atoms with Crippen molar-refractivity contribution in [1.82, 2.24) is 0 Å². The fourth-order valence-electron chi connectivity index (χ4n) is 2.15. The highest BCUT2D eigenvalue weighted by Crippen LogP contribution is 2.17. The number of carbonyl (C=O) groups is 1. The Morgan fingerprint density at radius 2 is 1.85 bits per heavy atom. The van der Waals surface area contributed by atoms with E-state index in [4.69, 9.17) is 4.74 Å². The molecule has 2 aromatic carbocycles. The molecule has 0 amide bonds. The number of allylic oxidation sites excluding steroid dienone is 1. The summed E-state index contributed by atoms with van der Waals surface area (Å²) in [6.07, 6.45) is 4.89. The molecule has 0 aliphatic heterocycles. The summed E-state index contributed by atoms with van der Waals surface area (Å²) in [6.45, 7) is 1.92. The van der Waals surface area contributed by atoms with Crippen LogP contribution in [0.1, 0.15) is 27.0 Å². The molecule has 0 bridgehead atoms. The van der Waals surface area contributed by atoms with Gasteiger partial charge >= 0.3 is 5.97 Å². The molecule has 0 fully saturated rings. The molecule has 0 unspecified atom stereocenters. The Labute approximate surface area is 119 Å². The zero-order chi connectivity index (χ0) is 14.4. The highest BCUT2D eigenvalue weighted by Gasteiger charge is 2.12. The van der Waals surface area contributed by atoms with E-state index in [1.54, 1.807) is 0 Å². The van der Waals surface area contributed by atoms with Gasteiger partial charge in [0.25, 0.3) is 0 Å². The summed E-state index contributed by atoms with van der Waals surface area (Å²) >= 11 is 0. The van der Waals surface area contributed by atoms with E-state index in [9.17, 15) is 4.79 Å². The van der Waals surface area contributed by atoms with Crippen molar-refractivity contribution in [3.8, 4) is 0 Å². The van der Waals surface area contributed by atoms with Gasteiger partial charge in [-0.3, -0.25) is 0 Å². The Bertz CT molecular complexity index is 613. The minimum atomic E-state index is -0.289. The number of methoxy groups -OCH3 is 1. The van der Waals surface area contributed by atoms with Crippen LogP contribution in [-0.2, 0) is 11.2 Å². The number of esters is 1. The molecule has 2 aromatic rings. The minimum absolute atomic E-state index is 0.289. The Balaban J connectivity index is 2.21. The maximum absolute atomic E-state index is 11.8. The van der Waals surface area contributed by atoms with Crippen LogP contribution in [0.2, 0.25) is 0 Å². The lowest BCUT2D eigenvalue weighted by atomic mass is 10.0. The van der Waals surface area contributed by atoms with E-state index in [-0.39, 0.29) is 5.97 Å². The smallest absolute Gasteiger partial charge is 0.338 e. The van der Waals surface area contributed by atoms with Crippen molar-refractivity contribution in [1.29, 1.82) is 0 Å². The van der Waals surface area contributed by atoms with Crippen LogP contribution < -0.4 is 0 Å². The molecular weight excluding hydrogens is 248 g/mol. The normalized spacial score (nSPS) is 10.7. The number of hydrogen-bond donors (Lipinski definition) is 0. The highest BCUT2D eigenvalue weighted by atomic mass is 16.5. The van der Waals surface area contributed by atoms with Crippen molar-refractivity contribution >= 4 is 12.0 Å². The monoisotopic (exact) mass is 266 g/mol. The third-order valence-electron chi connectivity index (χ3n) is 3.19. The summed E-state index contributed by atoms with van der Waals surface area (Å²) in [5.74, 6) is -0.289. The molecule has 0 atom stereocenters. The van der Waals surface area contributed by atoms with Crippen LogP contribution >= 0.6 is 0 Å². The number of carbonyl (C=O) groups excluding carboxylic acids is 1. The van der Waals surface area contributed by atoms with Gasteiger partial charge in [-0.1, -0.05) is 60.7 Å². The molecule has 0 aromatic heterocycles. The van der Waals surface area contributed by atoms with Gasteiger partial charge in [0.2, 0.25) is 0 Å². The van der Waals surface area contributed by atoms with Crippen LogP contribution in [0, 0.1) is 6.92 Å². The second-order valence-electron chi connectivity index (χ2n) is 4.62. The van der Waals surface area contributed by atoms with Crippen LogP contribution in [0.5, 0.6) is 0 Å². The zero-order valence-corrected chi connectivity index (χ0v) is 11.8. The van der Waals surface area contributed by atoms with E-state index < -0.39 is 0 Å². The number of ether oxygens (including phenoxy) is 1. The summed E-state index contributed by atoms with van der Waals surface area (Å²) < 4.78 is 4.85. The third kappa shape index (κ3) is 3.35. The Morgan fingerprint density at radius 3 is 2.55 bits per heavy atom. The summed E-state index contributed by atoms with van der Waals surface area (Å²) in [5.41, 5.74) is 3.71. The van der Waals surface area contributed by atoms with Crippen molar-refractivity contribution in [3.63, 3.8) is 0 Å². The zero-order valence-electron chi connectivity index (χ0n) is 11.8. The number of hydrogen-bond acceptors (Lipinski definition) is 2. The molecule has 0 saturated heterocycles. The van der Waals surface area contributed by atoms with Gasteiger partial charge in [-0.25, -0.2) is 4.79 Å². The van der Waals surface area contributed by atoms with Gasteiger partial charge in [0.15, 0.2) is 0 Å². The molecule has 20 heavy (non-hydrogen) atoms. The van der Waals surface area contributed by atoms with Crippen molar-refractivity contribution in [2.24, 2.45) is 0 Å². The summed E-state index contributed by atoms with van der Waals surface area (Å²) in [4.78, 5) is 11.8. The van der Waals surface area contributed by atoms with Crippen LogP contribution in [-0.4, -0.2) is 13.1 Å². The van der Waals surface area contributed by atoms with Crippen molar-refractivity contribution < 1.29 is 9.53 Å². The summed E-state index contributed by atoms with van der Waals surface area (Å²) in [6, 6.07) is 16.0. The summed E-state index contributed by atoms with van der Waals surface area (Å²) in [7, 11) is 1.41. The SMILES string of the molecule is COC(=O)c1c(C)cccc1/C=C/Cc1ccccc1. The first-order chi connectivity index (χ1) is 9.72. The van der Waals surface area contributed by atoms with E-state index in [2.05, 4.69) is 18.2 Å². The van der Waals surface area contributed by atoms with Crippen LogP contribution in [0.3, 0.4) is 0 Å². The first-order valence-electron chi connectivity index (χ1n) is 6.61. The number of rotatable bonds is 4. The standard InChI is InChI=1S/C18H18O2/c1-14-8-6-12-16(17(14)18(19)20-2)13-7-11-15-9-4-3-5-10-15/h3-10,12-13H,11H2,1-2H3/b13-7+. The van der Waals surface area contributed by atoms with Gasteiger partial charge < -0.3 is 4.74 Å². The van der Waals surface area contributed by atoms with E-state index in [1.165, 1.54) is 12.7 Å². The van der Waals surface area contributed by atoms with Crippen molar-refractivity contribution in [3.05, 3.63) is 76.9 Å². The highest BCUT2D eigenvalue weighted by molar-refractivity contribution is 5.95. The molecule has 2 rings (SSSR count). The van der Waals surface area contributed by atoms with Crippen LogP contribution in [0.15, 0.2) is 54.6 Å². The predicted octanol–water partition coefficient (Wildman–Crippen LogP) is 4.04. The van der Waals surface area contributed by atoms with E-state index in [1.807, 2.05) is 49.4 Å². The van der Waals surface area contributed by atoms with E-state index >= 15 is 0 Å². The number of benzene rings is 2. The van der Waals surface area contributed by atoms with Crippen LogP contribution in [0.4, 0.5) is 0 Å². The Hall–Kier alpha value is -2.35. The first kappa shape index (κ1) is 14.1. The van der Waals surface area contributed by atoms with E-state index in [0.717, 1.165) is 17.5 Å². The molecule has 0 aliphatic carbocycles. The maximum atomic E-state index is 11.8. The predicted molar refractivity (Wildman–Crippen MR) is 81.7 cm³/mol. The first-order valence-corrected chi connectivity index (χ1v) is 6.61. The van der Waals surface area contributed by atoms with E-state index in [0.29, 0.717) is 5.56 Å². The molecule has 0 saturated carbocycles. The largest absolute Gasteiger partial charge is 0.465 e. The van der Waals surface area contributed by atoms with Gasteiger partial charge in [0, 0.05) is 0 Å². The molecule has 0 N–H and O–H groups in total. The lowest BCUT2D eigenvalue weighted by Gasteiger charge is -2.07. The second-order valence-corrected chi connectivity index (χ2v) is 4.62. The molecular formula is C18H18O2. The topological polar surface area (TPSA) is 26.3 Å². The summed E-state index contributed by atoms with van der Waals surface area (Å²) in [5, 5.41) is 0. The fourth-order valence-corrected chi connectivity index (χ4v) is 2.15. The number of aryl methyl sites for hydroxylation is 1. The fraction of sp³-hybridized carbons (Fsp3) is 0.167. The molecule has 2 nitrogen and oxygen atoms in total. The molecule has 0 radical (unpaired) electrons. The molecule has 0 spiro atoms. The van der Waals surface area contributed by atoms with Crippen LogP contribution in [0.25, 0.3) is 6.08 Å².